The molecule has 8 nitrogen and oxygen atoms in total. The van der Waals surface area contributed by atoms with Crippen LogP contribution in [0.3, 0.4) is 0 Å². The molecule has 176 valence electrons. The lowest BCUT2D eigenvalue weighted by Crippen LogP contribution is -2.38. The van der Waals surface area contributed by atoms with Crippen molar-refractivity contribution in [3.05, 3.63) is 66.2 Å². The minimum Gasteiger partial charge on any atom is -0.382 e. The second-order valence-electron chi connectivity index (χ2n) is 7.88. The quantitative estimate of drug-likeness (QED) is 0.297. The third-order valence-electron chi connectivity index (χ3n) is 4.53. The van der Waals surface area contributed by atoms with Gasteiger partial charge in [-0.1, -0.05) is 62.4 Å². The van der Waals surface area contributed by atoms with Gasteiger partial charge in [0.2, 0.25) is 0 Å². The molecule has 0 radical (unpaired) electrons. The molecule has 0 spiro atoms. The van der Waals surface area contributed by atoms with Crippen LogP contribution in [0.2, 0.25) is 0 Å². The van der Waals surface area contributed by atoms with Gasteiger partial charge in [0.25, 0.3) is 10.1 Å². The van der Waals surface area contributed by atoms with E-state index in [2.05, 4.69) is 0 Å². The SMILES string of the molecule is CC(C)(COS(=O)(=O)CCCS(=O)(=O)Oc1ccccc1)[C@H](C=O)OCc1ccccc1. The summed E-state index contributed by atoms with van der Waals surface area (Å²) in [6, 6.07) is 17.2. The molecule has 0 saturated carbocycles. The largest absolute Gasteiger partial charge is 0.382 e. The van der Waals surface area contributed by atoms with Crippen LogP contribution in [0.15, 0.2) is 60.7 Å². The van der Waals surface area contributed by atoms with Crippen LogP contribution >= 0.6 is 0 Å². The van der Waals surface area contributed by atoms with Crippen molar-refractivity contribution in [2.24, 2.45) is 5.41 Å². The van der Waals surface area contributed by atoms with Gasteiger partial charge in [-0.05, 0) is 24.1 Å². The highest BCUT2D eigenvalue weighted by Gasteiger charge is 2.32. The van der Waals surface area contributed by atoms with Crippen LogP contribution in [-0.4, -0.2) is 47.3 Å². The highest BCUT2D eigenvalue weighted by molar-refractivity contribution is 7.87. The number of carbonyl (C=O) groups is 1. The number of ether oxygens (including phenoxy) is 1. The number of para-hydroxylation sites is 1. The van der Waals surface area contributed by atoms with E-state index in [1.807, 2.05) is 30.3 Å². The molecule has 0 bridgehead atoms. The average Bonchev–Trinajstić information content (AvgIpc) is 2.73. The fourth-order valence-electron chi connectivity index (χ4n) is 2.67. The smallest absolute Gasteiger partial charge is 0.309 e. The lowest BCUT2D eigenvalue weighted by atomic mass is 9.88. The summed E-state index contributed by atoms with van der Waals surface area (Å²) < 4.78 is 64.1. The molecule has 2 aromatic rings. The molecule has 2 aromatic carbocycles. The zero-order chi connectivity index (χ0) is 23.7. The van der Waals surface area contributed by atoms with Gasteiger partial charge in [0.15, 0.2) is 0 Å². The van der Waals surface area contributed by atoms with Gasteiger partial charge in [-0.15, -0.1) is 0 Å². The van der Waals surface area contributed by atoms with Gasteiger partial charge in [0.05, 0.1) is 24.7 Å². The summed E-state index contributed by atoms with van der Waals surface area (Å²) in [5.41, 5.74) is -0.0471. The molecule has 0 amide bonds. The Morgan fingerprint density at radius 2 is 1.44 bits per heavy atom. The fourth-order valence-corrected chi connectivity index (χ4v) is 4.94. The molecular weight excluding hydrogens is 456 g/mol. The number of benzene rings is 2. The molecule has 0 aliphatic carbocycles. The first kappa shape index (κ1) is 26.0. The molecule has 0 heterocycles. The van der Waals surface area contributed by atoms with E-state index in [1.54, 1.807) is 32.0 Å². The molecule has 0 fully saturated rings. The standard InChI is InChI=1S/C22H28O8S2/c1-22(2,21(16-23)28-17-19-10-5-3-6-11-19)18-29-31(24,25)14-9-15-32(26,27)30-20-12-7-4-8-13-20/h3-8,10-13,16,21H,9,14-15,17-18H2,1-2H3/t21-/m0/s1. The van der Waals surface area contributed by atoms with Gasteiger partial charge in [-0.2, -0.15) is 16.8 Å². The summed E-state index contributed by atoms with van der Waals surface area (Å²) in [6.07, 6.45) is -0.469. The maximum Gasteiger partial charge on any atom is 0.309 e. The van der Waals surface area contributed by atoms with Crippen molar-refractivity contribution in [1.29, 1.82) is 0 Å². The van der Waals surface area contributed by atoms with E-state index >= 15 is 0 Å². The summed E-state index contributed by atoms with van der Waals surface area (Å²) in [6.45, 7) is 3.22. The number of hydrogen-bond acceptors (Lipinski definition) is 8. The zero-order valence-electron chi connectivity index (χ0n) is 18.0. The lowest BCUT2D eigenvalue weighted by molar-refractivity contribution is -0.129. The average molecular weight is 485 g/mol. The van der Waals surface area contributed by atoms with E-state index in [0.29, 0.717) is 6.29 Å². The molecule has 10 heteroatoms. The number of aldehydes is 1. The maximum atomic E-state index is 12.2. The first-order valence-corrected chi connectivity index (χ1v) is 13.1. The van der Waals surface area contributed by atoms with Crippen molar-refractivity contribution >= 4 is 26.5 Å². The van der Waals surface area contributed by atoms with Gasteiger partial charge in [0, 0.05) is 5.41 Å². The van der Waals surface area contributed by atoms with E-state index in [0.717, 1.165) is 5.56 Å². The third-order valence-corrected chi connectivity index (χ3v) is 7.03. The van der Waals surface area contributed by atoms with E-state index in [-0.39, 0.29) is 25.4 Å². The summed E-state index contributed by atoms with van der Waals surface area (Å²) in [4.78, 5) is 11.5. The predicted molar refractivity (Wildman–Crippen MR) is 120 cm³/mol. The second-order valence-corrected chi connectivity index (χ2v) is 11.3. The number of rotatable bonds is 14. The Kier molecular flexibility index (Phi) is 9.38. The van der Waals surface area contributed by atoms with Crippen molar-refractivity contribution in [1.82, 2.24) is 0 Å². The van der Waals surface area contributed by atoms with E-state index in [4.69, 9.17) is 13.1 Å². The number of hydrogen-bond donors (Lipinski definition) is 0. The van der Waals surface area contributed by atoms with Crippen molar-refractivity contribution in [2.45, 2.75) is 33.0 Å². The topological polar surface area (TPSA) is 113 Å². The highest BCUT2D eigenvalue weighted by atomic mass is 32.2. The van der Waals surface area contributed by atoms with Crippen LogP contribution in [0.4, 0.5) is 0 Å². The fraction of sp³-hybridized carbons (Fsp3) is 0.409. The molecular formula is C22H28O8S2. The van der Waals surface area contributed by atoms with Gasteiger partial charge < -0.3 is 13.7 Å². The predicted octanol–water partition coefficient (Wildman–Crippen LogP) is 2.94. The normalized spacial score (nSPS) is 13.4. The van der Waals surface area contributed by atoms with Crippen LogP contribution in [0.25, 0.3) is 0 Å². The molecule has 32 heavy (non-hydrogen) atoms. The molecule has 0 N–H and O–H groups in total. The van der Waals surface area contributed by atoms with Crippen LogP contribution in [0.1, 0.15) is 25.8 Å². The molecule has 0 aliphatic rings. The first-order chi connectivity index (χ1) is 15.0. The summed E-state index contributed by atoms with van der Waals surface area (Å²) >= 11 is 0. The van der Waals surface area contributed by atoms with Gasteiger partial charge in [-0.3, -0.25) is 4.18 Å². The highest BCUT2D eigenvalue weighted by Crippen LogP contribution is 2.25. The van der Waals surface area contributed by atoms with Crippen LogP contribution in [0.5, 0.6) is 5.75 Å². The molecule has 2 rings (SSSR count). The lowest BCUT2D eigenvalue weighted by Gasteiger charge is -2.30. The Morgan fingerprint density at radius 3 is 2.03 bits per heavy atom. The Morgan fingerprint density at radius 1 is 0.875 bits per heavy atom. The van der Waals surface area contributed by atoms with Gasteiger partial charge in [-0.25, -0.2) is 0 Å². The van der Waals surface area contributed by atoms with Crippen molar-refractivity contribution in [2.75, 3.05) is 18.1 Å². The molecule has 0 aliphatic heterocycles. The first-order valence-electron chi connectivity index (χ1n) is 9.98. The Labute approximate surface area is 189 Å². The molecule has 1 atom stereocenters. The minimum atomic E-state index is -4.01. The Hall–Kier alpha value is -2.27. The zero-order valence-corrected chi connectivity index (χ0v) is 19.7. The van der Waals surface area contributed by atoms with Gasteiger partial charge >= 0.3 is 10.1 Å². The summed E-state index contributed by atoms with van der Waals surface area (Å²) in [5, 5.41) is 0. The molecule has 0 saturated heterocycles. The van der Waals surface area contributed by atoms with Crippen molar-refractivity contribution in [3.8, 4) is 5.75 Å². The van der Waals surface area contributed by atoms with Crippen LogP contribution < -0.4 is 4.18 Å². The van der Waals surface area contributed by atoms with E-state index in [1.165, 1.54) is 12.1 Å². The Bertz CT molecular complexity index is 1050. The van der Waals surface area contributed by atoms with Crippen molar-refractivity contribution < 1.29 is 34.7 Å². The van der Waals surface area contributed by atoms with Crippen LogP contribution in [-0.2, 0) is 40.6 Å². The monoisotopic (exact) mass is 484 g/mol. The maximum absolute atomic E-state index is 12.2. The summed E-state index contributed by atoms with van der Waals surface area (Å²) in [5.74, 6) is -0.828. The van der Waals surface area contributed by atoms with Crippen LogP contribution in [0, 0.1) is 5.41 Å². The van der Waals surface area contributed by atoms with Gasteiger partial charge in [0.1, 0.15) is 18.1 Å². The second kappa shape index (κ2) is 11.6. The van der Waals surface area contributed by atoms with Crippen molar-refractivity contribution in [3.63, 3.8) is 0 Å². The summed E-state index contributed by atoms with van der Waals surface area (Å²) in [7, 11) is -7.95. The Balaban J connectivity index is 1.82. The minimum absolute atomic E-state index is 0.156. The molecule has 0 unspecified atom stereocenters. The molecule has 0 aromatic heterocycles. The van der Waals surface area contributed by atoms with E-state index < -0.39 is 43.3 Å². The van der Waals surface area contributed by atoms with E-state index in [9.17, 15) is 21.6 Å². The third kappa shape index (κ3) is 9.07. The number of carbonyl (C=O) groups excluding carboxylic acids is 1.